The number of piperidine rings is 1. The number of hydrogen-bond acceptors (Lipinski definition) is 4. The first-order chi connectivity index (χ1) is 15.9. The van der Waals surface area contributed by atoms with E-state index in [9.17, 15) is 9.59 Å². The number of nitrogens with zero attached hydrogens (tertiary/aromatic N) is 3. The van der Waals surface area contributed by atoms with Gasteiger partial charge in [-0.15, -0.1) is 0 Å². The lowest BCUT2D eigenvalue weighted by molar-refractivity contribution is -0.120. The van der Waals surface area contributed by atoms with Gasteiger partial charge in [-0.25, -0.2) is 0 Å². The zero-order valence-corrected chi connectivity index (χ0v) is 20.0. The second kappa shape index (κ2) is 10.4. The SMILES string of the molecule is CCc1ccc(C(=O)N2CCN(c3ccc(OC4CCN(C(C)C)CC4)cc3)C(=O)C2)cc1. The topological polar surface area (TPSA) is 53.1 Å². The molecule has 2 aromatic carbocycles. The van der Waals surface area contributed by atoms with Crippen molar-refractivity contribution in [1.29, 1.82) is 0 Å². The summed E-state index contributed by atoms with van der Waals surface area (Å²) in [6.07, 6.45) is 3.26. The minimum atomic E-state index is -0.0853. The van der Waals surface area contributed by atoms with Gasteiger partial charge in [-0.2, -0.15) is 0 Å². The molecule has 0 aliphatic carbocycles. The molecule has 4 rings (SSSR count). The molecule has 2 aromatic rings. The Kier molecular flexibility index (Phi) is 7.33. The summed E-state index contributed by atoms with van der Waals surface area (Å²) >= 11 is 0. The van der Waals surface area contributed by atoms with Crippen LogP contribution in [0.2, 0.25) is 0 Å². The molecule has 0 aromatic heterocycles. The molecule has 0 radical (unpaired) electrons. The van der Waals surface area contributed by atoms with Crippen molar-refractivity contribution < 1.29 is 14.3 Å². The van der Waals surface area contributed by atoms with E-state index in [1.54, 1.807) is 9.80 Å². The third-order valence-corrected chi connectivity index (χ3v) is 6.78. The van der Waals surface area contributed by atoms with Crippen LogP contribution >= 0.6 is 0 Å². The fraction of sp³-hybridized carbons (Fsp3) is 0.481. The molecule has 0 atom stereocenters. The lowest BCUT2D eigenvalue weighted by Crippen LogP contribution is -2.52. The number of piperazine rings is 1. The maximum absolute atomic E-state index is 12.8. The molecule has 0 bridgehead atoms. The van der Waals surface area contributed by atoms with Crippen molar-refractivity contribution in [3.8, 4) is 5.75 Å². The van der Waals surface area contributed by atoms with Gasteiger partial charge in [0.1, 0.15) is 18.4 Å². The number of carbonyl (C=O) groups is 2. The molecule has 2 heterocycles. The van der Waals surface area contributed by atoms with E-state index in [0.29, 0.717) is 24.7 Å². The molecule has 0 spiro atoms. The number of likely N-dealkylation sites (tertiary alicyclic amines) is 1. The van der Waals surface area contributed by atoms with Crippen LogP contribution in [0.1, 0.15) is 49.5 Å². The van der Waals surface area contributed by atoms with Crippen LogP contribution < -0.4 is 9.64 Å². The Balaban J connectivity index is 1.31. The minimum Gasteiger partial charge on any atom is -0.490 e. The summed E-state index contributed by atoms with van der Waals surface area (Å²) < 4.78 is 6.18. The van der Waals surface area contributed by atoms with E-state index >= 15 is 0 Å². The second-order valence-electron chi connectivity index (χ2n) is 9.26. The number of rotatable bonds is 6. The van der Waals surface area contributed by atoms with Crippen molar-refractivity contribution in [2.24, 2.45) is 0 Å². The fourth-order valence-corrected chi connectivity index (χ4v) is 4.59. The number of aryl methyl sites for hydroxylation is 1. The molecular formula is C27H35N3O3. The Morgan fingerprint density at radius 2 is 1.64 bits per heavy atom. The smallest absolute Gasteiger partial charge is 0.254 e. The molecule has 2 fully saturated rings. The monoisotopic (exact) mass is 449 g/mol. The molecule has 0 saturated carbocycles. The van der Waals surface area contributed by atoms with Crippen LogP contribution in [0.5, 0.6) is 5.75 Å². The second-order valence-corrected chi connectivity index (χ2v) is 9.26. The largest absolute Gasteiger partial charge is 0.490 e. The summed E-state index contributed by atoms with van der Waals surface area (Å²) in [4.78, 5) is 31.5. The Morgan fingerprint density at radius 1 is 0.970 bits per heavy atom. The molecule has 0 unspecified atom stereocenters. The molecule has 6 heteroatoms. The van der Waals surface area contributed by atoms with Crippen LogP contribution in [0.3, 0.4) is 0 Å². The summed E-state index contributed by atoms with van der Waals surface area (Å²) in [5.41, 5.74) is 2.68. The Hall–Kier alpha value is -2.86. The molecule has 33 heavy (non-hydrogen) atoms. The lowest BCUT2D eigenvalue weighted by atomic mass is 10.1. The first-order valence-electron chi connectivity index (χ1n) is 12.1. The van der Waals surface area contributed by atoms with E-state index < -0.39 is 0 Å². The van der Waals surface area contributed by atoms with E-state index in [1.807, 2.05) is 48.5 Å². The number of carbonyl (C=O) groups excluding carboxylic acids is 2. The highest BCUT2D eigenvalue weighted by Gasteiger charge is 2.29. The van der Waals surface area contributed by atoms with Crippen molar-refractivity contribution >= 4 is 17.5 Å². The summed E-state index contributed by atoms with van der Waals surface area (Å²) in [5, 5.41) is 0. The van der Waals surface area contributed by atoms with Crippen molar-refractivity contribution in [2.75, 3.05) is 37.6 Å². The van der Waals surface area contributed by atoms with Gasteiger partial charge in [0.2, 0.25) is 5.91 Å². The maximum atomic E-state index is 12.8. The van der Waals surface area contributed by atoms with Gasteiger partial charge in [0.15, 0.2) is 0 Å². The van der Waals surface area contributed by atoms with Crippen molar-refractivity contribution in [3.63, 3.8) is 0 Å². The maximum Gasteiger partial charge on any atom is 0.254 e. The first-order valence-corrected chi connectivity index (χ1v) is 12.1. The molecule has 2 saturated heterocycles. The van der Waals surface area contributed by atoms with Crippen LogP contribution in [-0.2, 0) is 11.2 Å². The first kappa shape index (κ1) is 23.3. The van der Waals surface area contributed by atoms with Crippen LogP contribution in [0.25, 0.3) is 0 Å². The van der Waals surface area contributed by atoms with Crippen LogP contribution in [0, 0.1) is 0 Å². The summed E-state index contributed by atoms with van der Waals surface area (Å²) in [6, 6.07) is 16.0. The normalized spacial score (nSPS) is 18.1. The van der Waals surface area contributed by atoms with Gasteiger partial charge in [0.05, 0.1) is 0 Å². The minimum absolute atomic E-state index is 0.0606. The molecular weight excluding hydrogens is 414 g/mol. The molecule has 2 aliphatic rings. The zero-order chi connectivity index (χ0) is 23.4. The van der Waals surface area contributed by atoms with Crippen LogP contribution in [0.4, 0.5) is 5.69 Å². The third kappa shape index (κ3) is 5.56. The van der Waals surface area contributed by atoms with Crippen molar-refractivity contribution in [3.05, 3.63) is 59.7 Å². The zero-order valence-electron chi connectivity index (χ0n) is 20.0. The average Bonchev–Trinajstić information content (AvgIpc) is 2.84. The van der Waals surface area contributed by atoms with E-state index in [1.165, 1.54) is 5.56 Å². The number of hydrogen-bond donors (Lipinski definition) is 0. The van der Waals surface area contributed by atoms with Gasteiger partial charge >= 0.3 is 0 Å². The third-order valence-electron chi connectivity index (χ3n) is 6.78. The predicted octanol–water partition coefficient (Wildman–Crippen LogP) is 3.99. The van der Waals surface area contributed by atoms with E-state index in [2.05, 4.69) is 25.7 Å². The quantitative estimate of drug-likeness (QED) is 0.669. The molecule has 0 N–H and O–H groups in total. The highest BCUT2D eigenvalue weighted by atomic mass is 16.5. The Morgan fingerprint density at radius 3 is 2.21 bits per heavy atom. The van der Waals surface area contributed by atoms with E-state index in [-0.39, 0.29) is 24.5 Å². The van der Waals surface area contributed by atoms with Gasteiger partial charge in [-0.3, -0.25) is 9.59 Å². The van der Waals surface area contributed by atoms with Gasteiger partial charge in [0.25, 0.3) is 5.91 Å². The van der Waals surface area contributed by atoms with Gasteiger partial charge in [-0.05, 0) is 75.1 Å². The number of anilines is 1. The highest BCUT2D eigenvalue weighted by molar-refractivity contribution is 6.01. The molecule has 176 valence electrons. The van der Waals surface area contributed by atoms with Crippen LogP contribution in [-0.4, -0.2) is 66.5 Å². The number of amides is 2. The highest BCUT2D eigenvalue weighted by Crippen LogP contribution is 2.25. The van der Waals surface area contributed by atoms with E-state index in [4.69, 9.17) is 4.74 Å². The van der Waals surface area contributed by atoms with Crippen molar-refractivity contribution in [2.45, 2.75) is 52.2 Å². The van der Waals surface area contributed by atoms with Crippen LogP contribution in [0.15, 0.2) is 48.5 Å². The fourth-order valence-electron chi connectivity index (χ4n) is 4.59. The number of benzene rings is 2. The van der Waals surface area contributed by atoms with Gasteiger partial charge in [0, 0.05) is 43.5 Å². The summed E-state index contributed by atoms with van der Waals surface area (Å²) in [5.74, 6) is 0.700. The average molecular weight is 450 g/mol. The number of ether oxygens (including phenoxy) is 1. The Labute approximate surface area is 197 Å². The summed E-state index contributed by atoms with van der Waals surface area (Å²) in [7, 11) is 0. The van der Waals surface area contributed by atoms with Gasteiger partial charge < -0.3 is 19.4 Å². The van der Waals surface area contributed by atoms with Gasteiger partial charge in [-0.1, -0.05) is 19.1 Å². The predicted molar refractivity (Wildman–Crippen MR) is 131 cm³/mol. The lowest BCUT2D eigenvalue weighted by Gasteiger charge is -2.35. The standard InChI is InChI=1S/C27H35N3O3/c1-4-21-5-7-22(8-6-21)27(32)29-17-18-30(26(31)19-29)23-9-11-24(12-10-23)33-25-13-15-28(16-14-25)20(2)3/h5-12,20,25H,4,13-19H2,1-3H3. The molecule has 6 nitrogen and oxygen atoms in total. The van der Waals surface area contributed by atoms with E-state index in [0.717, 1.165) is 43.8 Å². The molecule has 2 amide bonds. The summed E-state index contributed by atoms with van der Waals surface area (Å²) in [6.45, 7) is 9.81. The van der Waals surface area contributed by atoms with Crippen molar-refractivity contribution in [1.82, 2.24) is 9.80 Å². The molecule has 2 aliphatic heterocycles. The Bertz CT molecular complexity index is 948.